The second-order valence-corrected chi connectivity index (χ2v) is 11.1. The molecule has 0 aliphatic rings. The molecule has 6 aromatic rings. The molecule has 4 aromatic carbocycles. The van der Waals surface area contributed by atoms with E-state index in [0.717, 1.165) is 39.1 Å². The van der Waals surface area contributed by atoms with Crippen LogP contribution >= 0.6 is 0 Å². The number of aromatic hydroxyl groups is 1. The Labute approximate surface area is 229 Å². The summed E-state index contributed by atoms with van der Waals surface area (Å²) in [5, 5.41) is 10.8. The number of imidazole rings is 1. The Morgan fingerprint density at radius 2 is 1.44 bits per heavy atom. The topological polar surface area (TPSA) is 50.9 Å². The Morgan fingerprint density at radius 3 is 2.18 bits per heavy atom. The van der Waals surface area contributed by atoms with Crippen LogP contribution in [0.1, 0.15) is 31.9 Å². The van der Waals surface area contributed by atoms with E-state index in [9.17, 15) is 5.11 Å². The molecule has 0 spiro atoms. The second kappa shape index (κ2) is 9.55. The maximum atomic E-state index is 10.8. The predicted molar refractivity (Wildman–Crippen MR) is 160 cm³/mol. The van der Waals surface area contributed by atoms with Crippen LogP contribution in [-0.2, 0) is 5.41 Å². The highest BCUT2D eigenvalue weighted by Crippen LogP contribution is 2.39. The van der Waals surface area contributed by atoms with Crippen molar-refractivity contribution in [3.63, 3.8) is 0 Å². The quantitative estimate of drug-likeness (QED) is 0.258. The Hall–Kier alpha value is -4.70. The van der Waals surface area contributed by atoms with E-state index in [1.54, 1.807) is 6.07 Å². The average Bonchev–Trinajstić information content (AvgIpc) is 3.32. The van der Waals surface area contributed by atoms with Gasteiger partial charge in [0.15, 0.2) is 0 Å². The zero-order valence-electron chi connectivity index (χ0n) is 22.7. The highest BCUT2D eigenvalue weighted by atomic mass is 16.3. The normalized spacial score (nSPS) is 11.7. The van der Waals surface area contributed by atoms with Crippen LogP contribution in [0.4, 0.5) is 0 Å². The molecule has 0 bridgehead atoms. The molecular formula is C35H31N3O. The van der Waals surface area contributed by atoms with Crippen molar-refractivity contribution in [2.24, 2.45) is 0 Å². The lowest BCUT2D eigenvalue weighted by Crippen LogP contribution is -2.11. The van der Waals surface area contributed by atoms with Crippen LogP contribution < -0.4 is 0 Å². The summed E-state index contributed by atoms with van der Waals surface area (Å²) in [5.74, 6) is 0.906. The van der Waals surface area contributed by atoms with E-state index >= 15 is 0 Å². The van der Waals surface area contributed by atoms with Crippen molar-refractivity contribution in [1.82, 2.24) is 14.5 Å². The molecule has 4 nitrogen and oxygen atoms in total. The molecule has 0 radical (unpaired) electrons. The van der Waals surface area contributed by atoms with E-state index in [2.05, 4.69) is 91.8 Å². The molecule has 1 N–H and O–H groups in total. The molecule has 0 atom stereocenters. The summed E-state index contributed by atoms with van der Waals surface area (Å²) >= 11 is 0. The van der Waals surface area contributed by atoms with E-state index < -0.39 is 0 Å². The van der Waals surface area contributed by atoms with E-state index in [4.69, 9.17) is 4.98 Å². The first kappa shape index (κ1) is 24.6. The van der Waals surface area contributed by atoms with Crippen molar-refractivity contribution >= 4 is 11.0 Å². The predicted octanol–water partition coefficient (Wildman–Crippen LogP) is 8.73. The third-order valence-corrected chi connectivity index (χ3v) is 7.17. The SMILES string of the molecule is Cc1ccnc(-c2cc(-c3cccc4c3nc(-c3ccccc3O)n4-c3ccccc3)cc(C(C)(C)C)c2)c1. The molecule has 39 heavy (non-hydrogen) atoms. The number of phenols is 1. The molecule has 2 aromatic heterocycles. The summed E-state index contributed by atoms with van der Waals surface area (Å²) < 4.78 is 2.13. The molecule has 0 saturated carbocycles. The number of nitrogens with zero attached hydrogens (tertiary/aromatic N) is 3. The van der Waals surface area contributed by atoms with Gasteiger partial charge in [-0.3, -0.25) is 9.55 Å². The van der Waals surface area contributed by atoms with Gasteiger partial charge in [0.05, 0.1) is 22.3 Å². The third kappa shape index (κ3) is 4.59. The highest BCUT2D eigenvalue weighted by Gasteiger charge is 2.21. The van der Waals surface area contributed by atoms with Crippen LogP contribution in [0, 0.1) is 6.92 Å². The zero-order valence-corrected chi connectivity index (χ0v) is 22.7. The van der Waals surface area contributed by atoms with Gasteiger partial charge >= 0.3 is 0 Å². The van der Waals surface area contributed by atoms with Gasteiger partial charge in [-0.2, -0.15) is 0 Å². The van der Waals surface area contributed by atoms with Crippen molar-refractivity contribution in [3.05, 3.63) is 120 Å². The molecule has 2 heterocycles. The lowest BCUT2D eigenvalue weighted by atomic mass is 9.83. The fraction of sp³-hybridized carbons (Fsp3) is 0.143. The number of fused-ring (bicyclic) bond motifs is 1. The van der Waals surface area contributed by atoms with Gasteiger partial charge in [0.1, 0.15) is 11.6 Å². The second-order valence-electron chi connectivity index (χ2n) is 11.1. The lowest BCUT2D eigenvalue weighted by Gasteiger charge is -2.21. The number of benzene rings is 4. The molecule has 0 aliphatic carbocycles. The van der Waals surface area contributed by atoms with Crippen molar-refractivity contribution < 1.29 is 5.11 Å². The van der Waals surface area contributed by atoms with Crippen LogP contribution in [0.3, 0.4) is 0 Å². The van der Waals surface area contributed by atoms with E-state index in [0.29, 0.717) is 11.4 Å². The average molecular weight is 510 g/mol. The number of hydrogen-bond acceptors (Lipinski definition) is 3. The smallest absolute Gasteiger partial charge is 0.149 e. The van der Waals surface area contributed by atoms with E-state index in [1.807, 2.05) is 48.7 Å². The summed E-state index contributed by atoms with van der Waals surface area (Å²) in [6.07, 6.45) is 1.87. The van der Waals surface area contributed by atoms with Gasteiger partial charge in [0.25, 0.3) is 0 Å². The van der Waals surface area contributed by atoms with Crippen molar-refractivity contribution in [2.75, 3.05) is 0 Å². The molecule has 0 amide bonds. The van der Waals surface area contributed by atoms with Crippen LogP contribution in [0.5, 0.6) is 5.75 Å². The van der Waals surface area contributed by atoms with Gasteiger partial charge in [-0.25, -0.2) is 4.98 Å². The highest BCUT2D eigenvalue weighted by molar-refractivity contribution is 5.96. The number of aryl methyl sites for hydroxylation is 1. The van der Waals surface area contributed by atoms with Crippen molar-refractivity contribution in [2.45, 2.75) is 33.1 Å². The molecule has 0 fully saturated rings. The Bertz CT molecular complexity index is 1810. The van der Waals surface area contributed by atoms with Crippen molar-refractivity contribution in [3.8, 4) is 45.2 Å². The standard InChI is InChI=1S/C35H31N3O/c1-23-17-18-36-30(19-23)25-20-24(21-26(22-25)35(2,3)4)28-14-10-15-31-33(28)37-34(29-13-8-9-16-32(29)39)38(31)27-11-6-5-7-12-27/h5-22,39H,1-4H3. The first-order chi connectivity index (χ1) is 18.8. The minimum atomic E-state index is -0.0487. The third-order valence-electron chi connectivity index (χ3n) is 7.17. The molecule has 0 unspecified atom stereocenters. The van der Waals surface area contributed by atoms with E-state index in [1.165, 1.54) is 11.1 Å². The van der Waals surface area contributed by atoms with Crippen LogP contribution in [-0.4, -0.2) is 19.6 Å². The molecule has 192 valence electrons. The first-order valence-corrected chi connectivity index (χ1v) is 13.2. The maximum Gasteiger partial charge on any atom is 0.149 e. The lowest BCUT2D eigenvalue weighted by molar-refractivity contribution is 0.477. The van der Waals surface area contributed by atoms with Gasteiger partial charge in [-0.05, 0) is 83.6 Å². The molecule has 6 rings (SSSR count). The summed E-state index contributed by atoms with van der Waals surface area (Å²) in [4.78, 5) is 9.88. The zero-order chi connectivity index (χ0) is 27.1. The molecule has 0 aliphatic heterocycles. The number of rotatable bonds is 4. The molecular weight excluding hydrogens is 478 g/mol. The summed E-state index contributed by atoms with van der Waals surface area (Å²) in [6, 6.07) is 34.8. The van der Waals surface area contributed by atoms with Crippen molar-refractivity contribution in [1.29, 1.82) is 0 Å². The maximum absolute atomic E-state index is 10.8. The number of pyridine rings is 1. The first-order valence-electron chi connectivity index (χ1n) is 13.2. The Kier molecular flexibility index (Phi) is 6.03. The summed E-state index contributed by atoms with van der Waals surface area (Å²) in [7, 11) is 0. The van der Waals surface area contributed by atoms with Gasteiger partial charge in [0.2, 0.25) is 0 Å². The van der Waals surface area contributed by atoms with Crippen LogP contribution in [0.25, 0.3) is 50.5 Å². The minimum Gasteiger partial charge on any atom is -0.507 e. The largest absolute Gasteiger partial charge is 0.507 e. The fourth-order valence-corrected chi connectivity index (χ4v) is 5.07. The number of phenolic OH excluding ortho intramolecular Hbond substituents is 1. The van der Waals surface area contributed by atoms with Gasteiger partial charge in [-0.1, -0.05) is 69.3 Å². The van der Waals surface area contributed by atoms with Gasteiger partial charge < -0.3 is 5.11 Å². The minimum absolute atomic E-state index is 0.0487. The molecule has 0 saturated heterocycles. The number of para-hydroxylation sites is 3. The number of hydrogen-bond donors (Lipinski definition) is 1. The molecule has 4 heteroatoms. The van der Waals surface area contributed by atoms with Crippen LogP contribution in [0.2, 0.25) is 0 Å². The van der Waals surface area contributed by atoms with E-state index in [-0.39, 0.29) is 11.2 Å². The van der Waals surface area contributed by atoms with Gasteiger partial charge in [0, 0.05) is 23.0 Å². The fourth-order valence-electron chi connectivity index (χ4n) is 5.07. The Morgan fingerprint density at radius 1 is 0.718 bits per heavy atom. The number of aromatic nitrogens is 3. The summed E-state index contributed by atoms with van der Waals surface area (Å²) in [5.41, 5.74) is 10.1. The van der Waals surface area contributed by atoms with Crippen LogP contribution in [0.15, 0.2) is 109 Å². The van der Waals surface area contributed by atoms with Gasteiger partial charge in [-0.15, -0.1) is 0 Å². The monoisotopic (exact) mass is 509 g/mol. The summed E-state index contributed by atoms with van der Waals surface area (Å²) in [6.45, 7) is 8.80. The Balaban J connectivity index is 1.65.